The van der Waals surface area contributed by atoms with Gasteiger partial charge in [-0.15, -0.1) is 0 Å². The first-order chi connectivity index (χ1) is 5.33. The van der Waals surface area contributed by atoms with Crippen molar-refractivity contribution in [2.75, 3.05) is 11.5 Å². The van der Waals surface area contributed by atoms with Crippen LogP contribution in [0.25, 0.3) is 0 Å². The number of allylic oxidation sites excluding steroid dienone is 2. The van der Waals surface area contributed by atoms with E-state index in [0.29, 0.717) is 5.78 Å². The molecule has 0 atom stereocenters. The lowest BCUT2D eigenvalue weighted by atomic mass is 10.2. The van der Waals surface area contributed by atoms with Crippen molar-refractivity contribution in [2.45, 2.75) is 26.2 Å². The quantitative estimate of drug-likeness (QED) is 0.603. The zero-order chi connectivity index (χ0) is 8.10. The number of ketones is 1. The standard InChI is InChI=1S/C9H14OS/c1-2-11-6-5-8-3-4-9(10)7-8/h7H,2-6H2,1H3. The average molecular weight is 170 g/mol. The summed E-state index contributed by atoms with van der Waals surface area (Å²) in [6.07, 6.45) is 4.72. The molecule has 0 saturated heterocycles. The number of hydrogen-bond donors (Lipinski definition) is 0. The summed E-state index contributed by atoms with van der Waals surface area (Å²) in [6, 6.07) is 0. The predicted molar refractivity (Wildman–Crippen MR) is 49.9 cm³/mol. The SMILES string of the molecule is CCSCCC1=CC(=O)CC1. The van der Waals surface area contributed by atoms with Crippen LogP contribution in [-0.4, -0.2) is 17.3 Å². The monoisotopic (exact) mass is 170 g/mol. The minimum absolute atomic E-state index is 0.321. The molecule has 0 fully saturated rings. The third kappa shape index (κ3) is 3.10. The van der Waals surface area contributed by atoms with E-state index in [-0.39, 0.29) is 0 Å². The highest BCUT2D eigenvalue weighted by Gasteiger charge is 2.10. The van der Waals surface area contributed by atoms with E-state index in [4.69, 9.17) is 0 Å². The Kier molecular flexibility index (Phi) is 3.70. The normalized spacial score (nSPS) is 17.2. The van der Waals surface area contributed by atoms with Crippen LogP contribution >= 0.6 is 11.8 Å². The lowest BCUT2D eigenvalue weighted by Crippen LogP contribution is -1.83. The van der Waals surface area contributed by atoms with Gasteiger partial charge in [0.2, 0.25) is 0 Å². The van der Waals surface area contributed by atoms with Crippen LogP contribution in [0.3, 0.4) is 0 Å². The van der Waals surface area contributed by atoms with Gasteiger partial charge in [-0.2, -0.15) is 11.8 Å². The summed E-state index contributed by atoms with van der Waals surface area (Å²) in [5, 5.41) is 0. The molecule has 2 heteroatoms. The molecule has 0 radical (unpaired) electrons. The predicted octanol–water partition coefficient (Wildman–Crippen LogP) is 2.42. The summed E-state index contributed by atoms with van der Waals surface area (Å²) in [4.78, 5) is 10.8. The molecule has 0 amide bonds. The summed E-state index contributed by atoms with van der Waals surface area (Å²) >= 11 is 1.94. The molecule has 1 aliphatic rings. The van der Waals surface area contributed by atoms with Crippen LogP contribution in [0.5, 0.6) is 0 Å². The second kappa shape index (κ2) is 4.60. The van der Waals surface area contributed by atoms with Crippen LogP contribution < -0.4 is 0 Å². The zero-order valence-corrected chi connectivity index (χ0v) is 7.75. The second-order valence-electron chi connectivity index (χ2n) is 2.72. The van der Waals surface area contributed by atoms with Crippen molar-refractivity contribution in [3.63, 3.8) is 0 Å². The third-order valence-corrected chi connectivity index (χ3v) is 2.73. The molecule has 1 nitrogen and oxygen atoms in total. The highest BCUT2D eigenvalue weighted by Crippen LogP contribution is 2.19. The molecule has 11 heavy (non-hydrogen) atoms. The fourth-order valence-corrected chi connectivity index (χ4v) is 1.90. The van der Waals surface area contributed by atoms with Gasteiger partial charge in [-0.1, -0.05) is 12.5 Å². The topological polar surface area (TPSA) is 17.1 Å². The molecule has 0 aliphatic heterocycles. The van der Waals surface area contributed by atoms with E-state index in [1.165, 1.54) is 17.1 Å². The van der Waals surface area contributed by atoms with Gasteiger partial charge < -0.3 is 0 Å². The van der Waals surface area contributed by atoms with Gasteiger partial charge in [-0.3, -0.25) is 4.79 Å². The average Bonchev–Trinajstić information content (AvgIpc) is 2.37. The fraction of sp³-hybridized carbons (Fsp3) is 0.667. The molecule has 0 aromatic carbocycles. The molecule has 0 N–H and O–H groups in total. The summed E-state index contributed by atoms with van der Waals surface area (Å²) in [7, 11) is 0. The maximum atomic E-state index is 10.8. The third-order valence-electron chi connectivity index (χ3n) is 1.83. The van der Waals surface area contributed by atoms with Crippen LogP contribution in [0.4, 0.5) is 0 Å². The molecule has 0 aromatic heterocycles. The Morgan fingerprint density at radius 1 is 1.55 bits per heavy atom. The molecule has 1 rings (SSSR count). The van der Waals surface area contributed by atoms with E-state index in [2.05, 4.69) is 6.92 Å². The second-order valence-corrected chi connectivity index (χ2v) is 4.11. The Morgan fingerprint density at radius 2 is 2.36 bits per heavy atom. The summed E-state index contributed by atoms with van der Waals surface area (Å²) < 4.78 is 0. The van der Waals surface area contributed by atoms with Crippen molar-refractivity contribution in [1.82, 2.24) is 0 Å². The first-order valence-corrected chi connectivity index (χ1v) is 5.28. The maximum Gasteiger partial charge on any atom is 0.155 e. The van der Waals surface area contributed by atoms with E-state index in [1.54, 1.807) is 0 Å². The number of hydrogen-bond acceptors (Lipinski definition) is 2. The summed E-state index contributed by atoms with van der Waals surface area (Å²) in [6.45, 7) is 2.17. The van der Waals surface area contributed by atoms with Crippen LogP contribution in [0, 0.1) is 0 Å². The van der Waals surface area contributed by atoms with Gasteiger partial charge in [0.1, 0.15) is 0 Å². The highest BCUT2D eigenvalue weighted by atomic mass is 32.2. The molecule has 0 spiro atoms. The lowest BCUT2D eigenvalue weighted by molar-refractivity contribution is -0.114. The Bertz CT molecular complexity index is 172. The molecule has 0 aromatic rings. The van der Waals surface area contributed by atoms with Gasteiger partial charge in [0.15, 0.2) is 5.78 Å². The van der Waals surface area contributed by atoms with E-state index >= 15 is 0 Å². The van der Waals surface area contributed by atoms with Crippen molar-refractivity contribution in [3.8, 4) is 0 Å². The van der Waals surface area contributed by atoms with E-state index in [0.717, 1.165) is 19.3 Å². The Hall–Kier alpha value is -0.240. The lowest BCUT2D eigenvalue weighted by Gasteiger charge is -1.98. The minimum Gasteiger partial charge on any atom is -0.295 e. The van der Waals surface area contributed by atoms with Crippen molar-refractivity contribution >= 4 is 17.5 Å². The van der Waals surface area contributed by atoms with Gasteiger partial charge in [0.05, 0.1) is 0 Å². The van der Waals surface area contributed by atoms with Crippen LogP contribution in [-0.2, 0) is 4.79 Å². The first kappa shape index (κ1) is 8.85. The van der Waals surface area contributed by atoms with Crippen molar-refractivity contribution < 1.29 is 4.79 Å². The van der Waals surface area contributed by atoms with E-state index in [9.17, 15) is 4.79 Å². The maximum absolute atomic E-state index is 10.8. The number of carbonyl (C=O) groups excluding carboxylic acids is 1. The van der Waals surface area contributed by atoms with Gasteiger partial charge >= 0.3 is 0 Å². The van der Waals surface area contributed by atoms with E-state index < -0.39 is 0 Å². The van der Waals surface area contributed by atoms with Gasteiger partial charge in [-0.05, 0) is 30.4 Å². The first-order valence-electron chi connectivity index (χ1n) is 4.13. The number of thioether (sulfide) groups is 1. The van der Waals surface area contributed by atoms with Crippen molar-refractivity contribution in [1.29, 1.82) is 0 Å². The van der Waals surface area contributed by atoms with Crippen LogP contribution in [0.15, 0.2) is 11.6 Å². The molecule has 0 unspecified atom stereocenters. The van der Waals surface area contributed by atoms with Gasteiger partial charge in [0, 0.05) is 6.42 Å². The zero-order valence-electron chi connectivity index (χ0n) is 6.93. The molecular formula is C9H14OS. The molecule has 0 saturated carbocycles. The molecular weight excluding hydrogens is 156 g/mol. The molecule has 1 aliphatic carbocycles. The Balaban J connectivity index is 2.17. The van der Waals surface area contributed by atoms with Gasteiger partial charge in [0.25, 0.3) is 0 Å². The van der Waals surface area contributed by atoms with Crippen molar-refractivity contribution in [2.24, 2.45) is 0 Å². The van der Waals surface area contributed by atoms with E-state index in [1.807, 2.05) is 17.8 Å². The Morgan fingerprint density at radius 3 is 2.91 bits per heavy atom. The van der Waals surface area contributed by atoms with Gasteiger partial charge in [-0.25, -0.2) is 0 Å². The summed E-state index contributed by atoms with van der Waals surface area (Å²) in [5.74, 6) is 2.68. The summed E-state index contributed by atoms with van der Waals surface area (Å²) in [5.41, 5.74) is 1.36. The largest absolute Gasteiger partial charge is 0.295 e. The Labute approximate surface area is 72.2 Å². The molecule has 0 heterocycles. The van der Waals surface area contributed by atoms with Crippen molar-refractivity contribution in [3.05, 3.63) is 11.6 Å². The molecule has 0 bridgehead atoms. The number of carbonyl (C=O) groups is 1. The van der Waals surface area contributed by atoms with Crippen LogP contribution in [0.2, 0.25) is 0 Å². The minimum atomic E-state index is 0.321. The number of rotatable bonds is 4. The van der Waals surface area contributed by atoms with Crippen LogP contribution in [0.1, 0.15) is 26.2 Å². The smallest absolute Gasteiger partial charge is 0.155 e. The molecule has 62 valence electrons. The highest BCUT2D eigenvalue weighted by molar-refractivity contribution is 7.99. The fourth-order valence-electron chi connectivity index (χ4n) is 1.20.